The number of rotatable bonds is 4. The molecule has 21 heavy (non-hydrogen) atoms. The van der Waals surface area contributed by atoms with E-state index in [-0.39, 0.29) is 26.6 Å². The van der Waals surface area contributed by atoms with Gasteiger partial charge in [0.15, 0.2) is 10.9 Å². The Hall–Kier alpha value is -1.64. The van der Waals surface area contributed by atoms with E-state index in [1.807, 2.05) is 0 Å². The molecule has 0 radical (unpaired) electrons. The van der Waals surface area contributed by atoms with Gasteiger partial charge in [0, 0.05) is 6.07 Å². The first-order valence-corrected chi connectivity index (χ1v) is 7.62. The van der Waals surface area contributed by atoms with Gasteiger partial charge in [0.2, 0.25) is 5.82 Å². The third-order valence-electron chi connectivity index (χ3n) is 2.38. The highest BCUT2D eigenvalue weighted by atomic mass is 35.5. The van der Waals surface area contributed by atoms with Gasteiger partial charge in [0.1, 0.15) is 5.82 Å². The molecule has 0 aliphatic heterocycles. The van der Waals surface area contributed by atoms with Crippen molar-refractivity contribution in [3.8, 4) is 5.75 Å². The van der Waals surface area contributed by atoms with Gasteiger partial charge in [0.05, 0.1) is 17.0 Å². The highest BCUT2D eigenvalue weighted by molar-refractivity contribution is 7.92. The Morgan fingerprint density at radius 2 is 1.95 bits per heavy atom. The molecule has 0 spiro atoms. The van der Waals surface area contributed by atoms with Crippen molar-refractivity contribution in [1.82, 2.24) is 10.2 Å². The van der Waals surface area contributed by atoms with Crippen LogP contribution in [0.2, 0.25) is 10.2 Å². The molecule has 1 aromatic carbocycles. The van der Waals surface area contributed by atoms with Gasteiger partial charge in [-0.2, -0.15) is 0 Å². The van der Waals surface area contributed by atoms with Crippen LogP contribution in [0.1, 0.15) is 0 Å². The number of hydrogen-bond donors (Lipinski definition) is 1. The first-order valence-electron chi connectivity index (χ1n) is 5.38. The first-order chi connectivity index (χ1) is 9.83. The number of ether oxygens (including phenoxy) is 1. The maximum absolute atomic E-state index is 13.1. The van der Waals surface area contributed by atoms with E-state index in [4.69, 9.17) is 27.9 Å². The number of halogens is 3. The summed E-state index contributed by atoms with van der Waals surface area (Å²) in [6.07, 6.45) is 0. The molecular weight excluding hydrogens is 344 g/mol. The van der Waals surface area contributed by atoms with Gasteiger partial charge < -0.3 is 4.74 Å². The minimum absolute atomic E-state index is 0.0413. The smallest absolute Gasteiger partial charge is 0.263 e. The Morgan fingerprint density at radius 1 is 1.24 bits per heavy atom. The van der Waals surface area contributed by atoms with Crippen molar-refractivity contribution < 1.29 is 17.5 Å². The Morgan fingerprint density at radius 3 is 2.57 bits per heavy atom. The average molecular weight is 352 g/mol. The molecule has 6 nitrogen and oxygen atoms in total. The van der Waals surface area contributed by atoms with Crippen LogP contribution in [0.3, 0.4) is 0 Å². The molecule has 112 valence electrons. The number of hydrogen-bond acceptors (Lipinski definition) is 5. The van der Waals surface area contributed by atoms with E-state index in [1.165, 1.54) is 13.2 Å². The van der Waals surface area contributed by atoms with Crippen LogP contribution in [0.5, 0.6) is 5.75 Å². The Balaban J connectivity index is 2.39. The van der Waals surface area contributed by atoms with E-state index in [9.17, 15) is 12.8 Å². The highest BCUT2D eigenvalue weighted by Gasteiger charge is 2.19. The minimum Gasteiger partial charge on any atom is -0.493 e. The fraction of sp³-hybridized carbons (Fsp3) is 0.0909. The molecule has 0 saturated carbocycles. The summed E-state index contributed by atoms with van der Waals surface area (Å²) in [7, 11) is -2.71. The van der Waals surface area contributed by atoms with Crippen molar-refractivity contribution >= 4 is 39.0 Å². The normalized spacial score (nSPS) is 11.2. The van der Waals surface area contributed by atoms with Crippen molar-refractivity contribution in [2.75, 3.05) is 11.8 Å². The van der Waals surface area contributed by atoms with E-state index >= 15 is 0 Å². The molecule has 0 saturated heterocycles. The van der Waals surface area contributed by atoms with Gasteiger partial charge in [-0.15, -0.1) is 10.2 Å². The number of benzene rings is 1. The van der Waals surface area contributed by atoms with Crippen LogP contribution >= 0.6 is 23.2 Å². The summed E-state index contributed by atoms with van der Waals surface area (Å²) < 4.78 is 44.5. The summed E-state index contributed by atoms with van der Waals surface area (Å²) in [6, 6.07) is 4.29. The highest BCUT2D eigenvalue weighted by Crippen LogP contribution is 2.27. The lowest BCUT2D eigenvalue weighted by Crippen LogP contribution is -2.15. The van der Waals surface area contributed by atoms with Crippen LogP contribution in [0, 0.1) is 5.82 Å². The summed E-state index contributed by atoms with van der Waals surface area (Å²) in [5.74, 6) is -0.784. The van der Waals surface area contributed by atoms with Crippen molar-refractivity contribution in [3.05, 3.63) is 40.3 Å². The molecule has 0 aliphatic carbocycles. The standard InChI is InChI=1S/C11H8Cl2FN3O3S/c1-20-9-5-10(13)15-16-11(9)17-21(18,19)6-2-3-8(14)7(12)4-6/h2-5H,1H3,(H,16,17). The summed E-state index contributed by atoms with van der Waals surface area (Å²) in [4.78, 5) is -0.229. The second kappa shape index (κ2) is 6.00. The number of aromatic nitrogens is 2. The monoisotopic (exact) mass is 351 g/mol. The molecule has 1 N–H and O–H groups in total. The van der Waals surface area contributed by atoms with Crippen molar-refractivity contribution in [1.29, 1.82) is 0 Å². The molecule has 0 amide bonds. The van der Waals surface area contributed by atoms with E-state index in [1.54, 1.807) is 0 Å². The maximum atomic E-state index is 13.1. The molecule has 0 bridgehead atoms. The predicted molar refractivity (Wildman–Crippen MR) is 75.8 cm³/mol. The number of nitrogens with one attached hydrogen (secondary N) is 1. The molecule has 0 unspecified atom stereocenters. The second-order valence-corrected chi connectivity index (χ2v) is 6.24. The zero-order chi connectivity index (χ0) is 15.6. The number of methoxy groups -OCH3 is 1. The third kappa shape index (κ3) is 3.52. The van der Waals surface area contributed by atoms with E-state index in [0.717, 1.165) is 18.2 Å². The Labute approximate surface area is 129 Å². The lowest BCUT2D eigenvalue weighted by atomic mass is 10.3. The lowest BCUT2D eigenvalue weighted by Gasteiger charge is -2.10. The maximum Gasteiger partial charge on any atom is 0.263 e. The summed E-state index contributed by atoms with van der Waals surface area (Å²) in [6.45, 7) is 0. The number of anilines is 1. The fourth-order valence-electron chi connectivity index (χ4n) is 1.41. The van der Waals surface area contributed by atoms with Crippen LogP contribution in [-0.4, -0.2) is 25.7 Å². The van der Waals surface area contributed by atoms with Crippen LogP contribution in [-0.2, 0) is 10.0 Å². The molecule has 10 heteroatoms. The van der Waals surface area contributed by atoms with E-state index in [2.05, 4.69) is 14.9 Å². The zero-order valence-corrected chi connectivity index (χ0v) is 12.8. The largest absolute Gasteiger partial charge is 0.493 e. The van der Waals surface area contributed by atoms with Gasteiger partial charge in [0.25, 0.3) is 10.0 Å². The predicted octanol–water partition coefficient (Wildman–Crippen LogP) is 2.73. The second-order valence-electron chi connectivity index (χ2n) is 3.77. The quantitative estimate of drug-likeness (QED) is 0.915. The molecule has 0 aliphatic rings. The molecule has 2 aromatic rings. The third-order valence-corrected chi connectivity index (χ3v) is 4.19. The Bertz CT molecular complexity index is 786. The topological polar surface area (TPSA) is 81.2 Å². The molecule has 1 aromatic heterocycles. The lowest BCUT2D eigenvalue weighted by molar-refractivity contribution is 0.414. The van der Waals surface area contributed by atoms with Gasteiger partial charge >= 0.3 is 0 Å². The van der Waals surface area contributed by atoms with Crippen molar-refractivity contribution in [2.45, 2.75) is 4.90 Å². The van der Waals surface area contributed by atoms with Gasteiger partial charge in [-0.25, -0.2) is 12.8 Å². The molecular formula is C11H8Cl2FN3O3S. The summed E-state index contributed by atoms with van der Waals surface area (Å²) in [5, 5.41) is 6.84. The van der Waals surface area contributed by atoms with Crippen LogP contribution in [0.4, 0.5) is 10.2 Å². The fourth-order valence-corrected chi connectivity index (χ4v) is 2.83. The summed E-state index contributed by atoms with van der Waals surface area (Å²) in [5.41, 5.74) is 0. The first kappa shape index (κ1) is 15.7. The number of sulfonamides is 1. The molecule has 0 atom stereocenters. The van der Waals surface area contributed by atoms with Gasteiger partial charge in [-0.3, -0.25) is 4.72 Å². The van der Waals surface area contributed by atoms with Gasteiger partial charge in [-0.05, 0) is 18.2 Å². The van der Waals surface area contributed by atoms with Crippen molar-refractivity contribution in [2.24, 2.45) is 0 Å². The van der Waals surface area contributed by atoms with Crippen LogP contribution < -0.4 is 9.46 Å². The van der Waals surface area contributed by atoms with E-state index in [0.29, 0.717) is 0 Å². The van der Waals surface area contributed by atoms with Crippen LogP contribution in [0.15, 0.2) is 29.2 Å². The molecule has 0 fully saturated rings. The number of nitrogens with zero attached hydrogens (tertiary/aromatic N) is 2. The van der Waals surface area contributed by atoms with Crippen molar-refractivity contribution in [3.63, 3.8) is 0 Å². The Kier molecular flexibility index (Phi) is 4.50. The SMILES string of the molecule is COc1cc(Cl)nnc1NS(=O)(=O)c1ccc(F)c(Cl)c1. The van der Waals surface area contributed by atoms with E-state index < -0.39 is 15.8 Å². The summed E-state index contributed by atoms with van der Waals surface area (Å²) >= 11 is 11.2. The minimum atomic E-state index is -4.02. The zero-order valence-electron chi connectivity index (χ0n) is 10.5. The van der Waals surface area contributed by atoms with Gasteiger partial charge in [-0.1, -0.05) is 23.2 Å². The average Bonchev–Trinajstić information content (AvgIpc) is 2.43. The molecule has 1 heterocycles. The molecule has 2 rings (SSSR count). The van der Waals surface area contributed by atoms with Crippen LogP contribution in [0.25, 0.3) is 0 Å².